The van der Waals surface area contributed by atoms with Crippen LogP contribution in [0.4, 0.5) is 28.4 Å². The van der Waals surface area contributed by atoms with E-state index in [1.807, 2.05) is 119 Å². The maximum Gasteiger partial charge on any atom is 0.260 e. The highest BCUT2D eigenvalue weighted by Crippen LogP contribution is 2.44. The Morgan fingerprint density at radius 3 is 1.89 bits per heavy atom. The summed E-state index contributed by atoms with van der Waals surface area (Å²) in [6.07, 6.45) is 7.35. The van der Waals surface area contributed by atoms with Gasteiger partial charge in [0.2, 0.25) is 0 Å². The van der Waals surface area contributed by atoms with Crippen LogP contribution in [0.3, 0.4) is 0 Å². The van der Waals surface area contributed by atoms with E-state index < -0.39 is 0 Å². The van der Waals surface area contributed by atoms with Crippen LogP contribution in [0.5, 0.6) is 17.2 Å². The second-order valence-electron chi connectivity index (χ2n) is 21.5. The van der Waals surface area contributed by atoms with Gasteiger partial charge in [-0.1, -0.05) is 70.1 Å². The highest BCUT2D eigenvalue weighted by molar-refractivity contribution is 8.77. The number of aryl methyl sites for hydroxylation is 1. The van der Waals surface area contributed by atoms with Crippen molar-refractivity contribution in [3.8, 4) is 17.2 Å². The van der Waals surface area contributed by atoms with Gasteiger partial charge in [-0.2, -0.15) is 0 Å². The number of anilines is 5. The first kappa shape index (κ1) is 57.5. The summed E-state index contributed by atoms with van der Waals surface area (Å²) in [5.74, 6) is 2.81. The summed E-state index contributed by atoms with van der Waals surface area (Å²) in [5.41, 5.74) is 10.9. The molecule has 4 aliphatic heterocycles. The normalized spacial score (nSPS) is 16.5. The minimum Gasteiger partial charge on any atom is -0.493 e. The molecule has 4 aliphatic rings. The van der Waals surface area contributed by atoms with Crippen LogP contribution < -0.4 is 38.7 Å². The van der Waals surface area contributed by atoms with Gasteiger partial charge in [-0.05, 0) is 117 Å². The Morgan fingerprint density at radius 1 is 0.709 bits per heavy atom. The first-order valence-corrected chi connectivity index (χ1v) is 29.9. The number of ketones is 1. The van der Waals surface area contributed by atoms with Crippen molar-refractivity contribution in [1.82, 2.24) is 0 Å². The van der Waals surface area contributed by atoms with E-state index in [4.69, 9.17) is 28.4 Å². The van der Waals surface area contributed by atoms with Crippen LogP contribution in [0.1, 0.15) is 88.6 Å². The Labute approximate surface area is 475 Å². The van der Waals surface area contributed by atoms with Gasteiger partial charge in [-0.25, -0.2) is 0 Å². The number of para-hydroxylation sites is 2. The molecule has 0 fully saturated rings. The van der Waals surface area contributed by atoms with Gasteiger partial charge < -0.3 is 52.9 Å². The van der Waals surface area contributed by atoms with Gasteiger partial charge in [0.05, 0.1) is 74.7 Å². The number of methoxy groups -OCH3 is 2. The van der Waals surface area contributed by atoms with Crippen molar-refractivity contribution in [2.45, 2.75) is 89.8 Å². The van der Waals surface area contributed by atoms with Crippen molar-refractivity contribution in [2.75, 3.05) is 118 Å². The predicted molar refractivity (Wildman–Crippen MR) is 321 cm³/mol. The van der Waals surface area contributed by atoms with E-state index >= 15 is 0 Å². The number of amides is 2. The summed E-state index contributed by atoms with van der Waals surface area (Å²) >= 11 is 0. The number of hydrogen-bond donors (Lipinski definition) is 0. The Hall–Kier alpha value is -6.17. The van der Waals surface area contributed by atoms with Crippen LogP contribution in [0.15, 0.2) is 103 Å². The highest BCUT2D eigenvalue weighted by Gasteiger charge is 2.41. The van der Waals surface area contributed by atoms with Crippen LogP contribution in [0.25, 0.3) is 0 Å². The summed E-state index contributed by atoms with van der Waals surface area (Å²) in [6, 6.07) is 30.7. The number of rotatable bonds is 27. The fourth-order valence-electron chi connectivity index (χ4n) is 11.2. The zero-order chi connectivity index (χ0) is 55.6. The fourth-order valence-corrected chi connectivity index (χ4v) is 13.8. The molecular weight excluding hydrogens is 1030 g/mol. The summed E-state index contributed by atoms with van der Waals surface area (Å²) in [6.45, 7) is 14.0. The summed E-state index contributed by atoms with van der Waals surface area (Å²) < 4.78 is 36.4. The zero-order valence-electron chi connectivity index (χ0n) is 47.2. The molecule has 4 heterocycles. The zero-order valence-corrected chi connectivity index (χ0v) is 48.9. The monoisotopic (exact) mass is 1110 g/mol. The van der Waals surface area contributed by atoms with Crippen molar-refractivity contribution < 1.29 is 42.8 Å². The average molecular weight is 1110 g/mol. The molecule has 0 radical (unpaired) electrons. The van der Waals surface area contributed by atoms with E-state index in [1.54, 1.807) is 14.2 Å². The largest absolute Gasteiger partial charge is 0.493 e. The Bertz CT molecular complexity index is 3000. The number of Topliss-reactive ketones (excluding diaryl/α,β-unsaturated/α-hetero) is 1. The number of carbonyl (C=O) groups is 3. The minimum atomic E-state index is -0.207. The molecule has 0 aliphatic carbocycles. The van der Waals surface area contributed by atoms with Crippen LogP contribution in [0.2, 0.25) is 0 Å². The number of fused-ring (bicyclic) bond motifs is 8. The molecule has 79 heavy (non-hydrogen) atoms. The third-order valence-electron chi connectivity index (χ3n) is 15.0. The van der Waals surface area contributed by atoms with E-state index in [2.05, 4.69) is 72.0 Å². The molecule has 0 N–H and O–H groups in total. The molecule has 2 amide bonds. The van der Waals surface area contributed by atoms with Crippen molar-refractivity contribution in [2.24, 2.45) is 0 Å². The molecule has 420 valence electrons. The number of nitrogens with zero attached hydrogens (tertiary/aromatic N) is 5. The van der Waals surface area contributed by atoms with E-state index in [0.29, 0.717) is 100 Å². The topological polar surface area (TPSA) is 123 Å². The van der Waals surface area contributed by atoms with E-state index in [0.717, 1.165) is 70.1 Å². The van der Waals surface area contributed by atoms with Crippen molar-refractivity contribution >= 4 is 67.6 Å². The second kappa shape index (κ2) is 26.4. The molecule has 16 heteroatoms. The number of hydrogen-bond acceptors (Lipinski definition) is 14. The lowest BCUT2D eigenvalue weighted by Gasteiger charge is -2.34. The van der Waals surface area contributed by atoms with Crippen LogP contribution in [-0.4, -0.2) is 128 Å². The highest BCUT2D eigenvalue weighted by atomic mass is 33.1. The number of benzene rings is 5. The molecule has 5 aromatic rings. The number of likely N-dealkylation sites (N-methyl/N-ethyl adjacent to an activating group) is 2. The van der Waals surface area contributed by atoms with Crippen molar-refractivity contribution in [3.63, 3.8) is 0 Å². The number of ether oxygens (including phenoxy) is 6. The van der Waals surface area contributed by atoms with Crippen molar-refractivity contribution in [1.29, 1.82) is 0 Å². The van der Waals surface area contributed by atoms with Gasteiger partial charge >= 0.3 is 0 Å². The van der Waals surface area contributed by atoms with Crippen LogP contribution in [0, 0.1) is 6.92 Å². The third kappa shape index (κ3) is 13.7. The quantitative estimate of drug-likeness (QED) is 0.0282. The average Bonchev–Trinajstić information content (AvgIpc) is 3.97. The maximum absolute atomic E-state index is 14.4. The van der Waals surface area contributed by atoms with E-state index in [1.165, 1.54) is 11.1 Å². The fraction of sp³-hybridized carbons (Fsp3) is 0.444. The summed E-state index contributed by atoms with van der Waals surface area (Å²) in [7, 11) is 11.0. The molecular formula is C63H77N5O9S2. The summed E-state index contributed by atoms with van der Waals surface area (Å²) in [5, 5.41) is 0. The SMILES string of the molecule is CC=CCC(=O)CCCSSC(C)(C)CN(CCOCCOCCOC)c1cc(COc2cc3c(cc2C)C(=O)N2c4ccccc4C[C@H]2CN3C)cc(COc2cc3c(cc2OC)C(=O)N2c4ccccc4C[C@H]2CN3C)c1. The van der Waals surface area contributed by atoms with Gasteiger partial charge in [0, 0.05) is 99.9 Å². The predicted octanol–water partition coefficient (Wildman–Crippen LogP) is 11.2. The molecule has 9 rings (SSSR count). The van der Waals surface area contributed by atoms with Gasteiger partial charge in [-0.3, -0.25) is 14.4 Å². The second-order valence-corrected chi connectivity index (χ2v) is 24.7. The molecule has 0 unspecified atom stereocenters. The van der Waals surface area contributed by atoms with Gasteiger partial charge in [0.1, 0.15) is 24.7 Å². The first-order valence-electron chi connectivity index (χ1n) is 27.6. The first-order chi connectivity index (χ1) is 38.2. The third-order valence-corrected chi connectivity index (χ3v) is 18.4. The molecule has 0 saturated carbocycles. The molecule has 0 saturated heterocycles. The molecule has 0 bridgehead atoms. The van der Waals surface area contributed by atoms with Gasteiger partial charge in [0.25, 0.3) is 11.8 Å². The lowest BCUT2D eigenvalue weighted by molar-refractivity contribution is -0.118. The number of carbonyl (C=O) groups excluding carboxylic acids is 3. The standard InChI is InChI=1S/C63H77N5O9S2/c1-9-10-18-51(69)19-15-28-78-79-63(3,4)42-66(22-23-74-26-27-75-25-24-72-7)48-31-44(40-76-58-36-56-52(29-43(58)2)61(70)67-49(38-64(56)5)33-46-16-11-13-20-54(46)67)30-45(32-48)41-77-60-37-57-53(35-59(60)73-8)62(71)68-50(39-65(57)6)34-47-17-12-14-21-55(47)68/h9-14,16-17,20-21,29-32,35-37,49-50H,15,18-19,22-28,33-34,38-42H2,1-8H3/t49-,50-/m0/s1. The van der Waals surface area contributed by atoms with Crippen LogP contribution >= 0.6 is 21.6 Å². The Kier molecular flexibility index (Phi) is 19.2. The number of allylic oxidation sites excluding steroid dienone is 2. The van der Waals surface area contributed by atoms with E-state index in [-0.39, 0.29) is 47.6 Å². The maximum atomic E-state index is 14.4. The lowest BCUT2D eigenvalue weighted by atomic mass is 10.1. The Morgan fingerprint density at radius 2 is 1.28 bits per heavy atom. The van der Waals surface area contributed by atoms with Gasteiger partial charge in [-0.15, -0.1) is 0 Å². The molecule has 0 aromatic heterocycles. The summed E-state index contributed by atoms with van der Waals surface area (Å²) in [4.78, 5) is 51.9. The lowest BCUT2D eigenvalue weighted by Crippen LogP contribution is -2.41. The van der Waals surface area contributed by atoms with Crippen molar-refractivity contribution in [3.05, 3.63) is 142 Å². The smallest absolute Gasteiger partial charge is 0.260 e. The molecule has 2 atom stereocenters. The molecule has 5 aromatic carbocycles. The van der Waals surface area contributed by atoms with Gasteiger partial charge in [0.15, 0.2) is 11.5 Å². The molecule has 14 nitrogen and oxygen atoms in total. The minimum absolute atomic E-state index is 0.00306. The Balaban J connectivity index is 0.998. The molecule has 0 spiro atoms. The van der Waals surface area contributed by atoms with Crippen LogP contribution in [-0.2, 0) is 45.1 Å². The van der Waals surface area contributed by atoms with E-state index in [9.17, 15) is 14.4 Å².